The van der Waals surface area contributed by atoms with Crippen LogP contribution in [-0.4, -0.2) is 39.3 Å². The predicted molar refractivity (Wildman–Crippen MR) is 84.0 cm³/mol. The number of aryl methyl sites for hydroxylation is 1. The first-order valence-corrected chi connectivity index (χ1v) is 6.90. The highest BCUT2D eigenvalue weighted by Crippen LogP contribution is 2.20. The van der Waals surface area contributed by atoms with Crippen LogP contribution in [0.5, 0.6) is 5.75 Å². The number of halogens is 1. The average molecular weight is 315 g/mol. The second kappa shape index (κ2) is 8.87. The van der Waals surface area contributed by atoms with E-state index < -0.39 is 0 Å². The first kappa shape index (κ1) is 17.8. The topological polar surface area (TPSA) is 59.6 Å². The third-order valence-electron chi connectivity index (χ3n) is 3.37. The SMILES string of the molecule is COCCOc1cc(C)ccc1CNC(=O)C1CNC1.Cl. The zero-order valence-electron chi connectivity index (χ0n) is 12.5. The maximum absolute atomic E-state index is 11.8. The van der Waals surface area contributed by atoms with Gasteiger partial charge in [-0.15, -0.1) is 12.4 Å². The highest BCUT2D eigenvalue weighted by atomic mass is 35.5. The van der Waals surface area contributed by atoms with Crippen molar-refractivity contribution in [3.63, 3.8) is 0 Å². The third-order valence-corrected chi connectivity index (χ3v) is 3.37. The molecule has 21 heavy (non-hydrogen) atoms. The summed E-state index contributed by atoms with van der Waals surface area (Å²) < 4.78 is 10.7. The van der Waals surface area contributed by atoms with Crippen LogP contribution in [0.2, 0.25) is 0 Å². The van der Waals surface area contributed by atoms with E-state index in [1.807, 2.05) is 25.1 Å². The number of hydrogen-bond acceptors (Lipinski definition) is 4. The van der Waals surface area contributed by atoms with Crippen molar-refractivity contribution in [2.24, 2.45) is 5.92 Å². The standard InChI is InChI=1S/C15H22N2O3.ClH/c1-11-3-4-12(14(7-11)20-6-5-19-2)10-17-15(18)13-8-16-9-13;/h3-4,7,13,16H,5-6,8-10H2,1-2H3,(H,17,18);1H. The lowest BCUT2D eigenvalue weighted by atomic mass is 10.0. The van der Waals surface area contributed by atoms with E-state index in [0.717, 1.165) is 30.0 Å². The fourth-order valence-corrected chi connectivity index (χ4v) is 1.98. The molecule has 1 aliphatic rings. The molecule has 0 saturated carbocycles. The van der Waals surface area contributed by atoms with E-state index in [9.17, 15) is 4.79 Å². The lowest BCUT2D eigenvalue weighted by molar-refractivity contribution is -0.126. The predicted octanol–water partition coefficient (Wildman–Crippen LogP) is 1.28. The van der Waals surface area contributed by atoms with Crippen LogP contribution in [0, 0.1) is 12.8 Å². The molecule has 0 unspecified atom stereocenters. The second-order valence-electron chi connectivity index (χ2n) is 5.03. The summed E-state index contributed by atoms with van der Waals surface area (Å²) in [5.41, 5.74) is 2.13. The number of ether oxygens (including phenoxy) is 2. The van der Waals surface area contributed by atoms with Crippen molar-refractivity contribution >= 4 is 18.3 Å². The molecule has 0 spiro atoms. The Kier molecular flexibility index (Phi) is 7.50. The van der Waals surface area contributed by atoms with E-state index in [4.69, 9.17) is 9.47 Å². The summed E-state index contributed by atoms with van der Waals surface area (Å²) in [4.78, 5) is 11.8. The monoisotopic (exact) mass is 314 g/mol. The normalized spacial score (nSPS) is 14.0. The minimum atomic E-state index is 0. The quantitative estimate of drug-likeness (QED) is 0.744. The van der Waals surface area contributed by atoms with Crippen LogP contribution in [-0.2, 0) is 16.1 Å². The lowest BCUT2D eigenvalue weighted by Crippen LogP contribution is -2.50. The summed E-state index contributed by atoms with van der Waals surface area (Å²) >= 11 is 0. The Morgan fingerprint density at radius 1 is 1.38 bits per heavy atom. The van der Waals surface area contributed by atoms with Crippen molar-refractivity contribution in [1.29, 1.82) is 0 Å². The molecule has 2 N–H and O–H groups in total. The van der Waals surface area contributed by atoms with Gasteiger partial charge in [0.05, 0.1) is 12.5 Å². The molecule has 118 valence electrons. The molecule has 0 aliphatic carbocycles. The van der Waals surface area contributed by atoms with Crippen molar-refractivity contribution in [3.05, 3.63) is 29.3 Å². The van der Waals surface area contributed by atoms with E-state index in [2.05, 4.69) is 10.6 Å². The fourth-order valence-electron chi connectivity index (χ4n) is 1.98. The van der Waals surface area contributed by atoms with Crippen LogP contribution in [0.3, 0.4) is 0 Å². The Labute approximate surface area is 131 Å². The maximum Gasteiger partial charge on any atom is 0.225 e. The lowest BCUT2D eigenvalue weighted by Gasteiger charge is -2.26. The minimum Gasteiger partial charge on any atom is -0.491 e. The summed E-state index contributed by atoms with van der Waals surface area (Å²) in [5.74, 6) is 1.03. The van der Waals surface area contributed by atoms with Crippen molar-refractivity contribution in [2.75, 3.05) is 33.4 Å². The highest BCUT2D eigenvalue weighted by molar-refractivity contribution is 5.85. The Morgan fingerprint density at radius 3 is 2.76 bits per heavy atom. The Bertz CT molecular complexity index is 464. The molecule has 1 fully saturated rings. The third kappa shape index (κ3) is 5.19. The van der Waals surface area contributed by atoms with E-state index in [1.165, 1.54) is 0 Å². The molecule has 0 atom stereocenters. The van der Waals surface area contributed by atoms with Crippen LogP contribution in [0.25, 0.3) is 0 Å². The van der Waals surface area contributed by atoms with Crippen molar-refractivity contribution in [3.8, 4) is 5.75 Å². The van der Waals surface area contributed by atoms with Crippen LogP contribution in [0.1, 0.15) is 11.1 Å². The van der Waals surface area contributed by atoms with Crippen molar-refractivity contribution < 1.29 is 14.3 Å². The number of methoxy groups -OCH3 is 1. The van der Waals surface area contributed by atoms with Crippen molar-refractivity contribution in [2.45, 2.75) is 13.5 Å². The van der Waals surface area contributed by atoms with Gasteiger partial charge in [-0.25, -0.2) is 0 Å². The molecule has 1 aliphatic heterocycles. The van der Waals surface area contributed by atoms with Crippen LogP contribution in [0.15, 0.2) is 18.2 Å². The van der Waals surface area contributed by atoms with E-state index >= 15 is 0 Å². The summed E-state index contributed by atoms with van der Waals surface area (Å²) in [6.45, 7) is 5.12. The highest BCUT2D eigenvalue weighted by Gasteiger charge is 2.24. The fraction of sp³-hybridized carbons (Fsp3) is 0.533. The average Bonchev–Trinajstić information content (AvgIpc) is 2.36. The molecule has 1 saturated heterocycles. The Balaban J connectivity index is 0.00000220. The largest absolute Gasteiger partial charge is 0.491 e. The van der Waals surface area contributed by atoms with Gasteiger partial charge in [0, 0.05) is 32.3 Å². The van der Waals surface area contributed by atoms with Gasteiger partial charge in [-0.2, -0.15) is 0 Å². The molecule has 1 aromatic rings. The van der Waals surface area contributed by atoms with Gasteiger partial charge in [0.15, 0.2) is 0 Å². The summed E-state index contributed by atoms with van der Waals surface area (Å²) in [6.07, 6.45) is 0. The number of carbonyl (C=O) groups is 1. The number of benzene rings is 1. The van der Waals surface area contributed by atoms with Gasteiger partial charge in [-0.05, 0) is 18.6 Å². The van der Waals surface area contributed by atoms with E-state index in [1.54, 1.807) is 7.11 Å². The molecule has 2 rings (SSSR count). The molecule has 1 heterocycles. The molecule has 5 nitrogen and oxygen atoms in total. The minimum absolute atomic E-state index is 0. The summed E-state index contributed by atoms with van der Waals surface area (Å²) in [6, 6.07) is 6.01. The summed E-state index contributed by atoms with van der Waals surface area (Å²) in [5, 5.41) is 6.06. The van der Waals surface area contributed by atoms with Gasteiger partial charge in [0.1, 0.15) is 12.4 Å². The zero-order chi connectivity index (χ0) is 14.4. The van der Waals surface area contributed by atoms with Gasteiger partial charge in [-0.3, -0.25) is 4.79 Å². The number of amides is 1. The van der Waals surface area contributed by atoms with E-state index in [-0.39, 0.29) is 24.2 Å². The summed E-state index contributed by atoms with van der Waals surface area (Å²) in [7, 11) is 1.65. The first-order chi connectivity index (χ1) is 9.70. The smallest absolute Gasteiger partial charge is 0.225 e. The molecule has 6 heteroatoms. The van der Waals surface area contributed by atoms with Gasteiger partial charge >= 0.3 is 0 Å². The Morgan fingerprint density at radius 2 is 2.14 bits per heavy atom. The molecule has 1 aromatic carbocycles. The van der Waals surface area contributed by atoms with Gasteiger partial charge < -0.3 is 20.1 Å². The number of hydrogen-bond donors (Lipinski definition) is 2. The van der Waals surface area contributed by atoms with Gasteiger partial charge in [0.2, 0.25) is 5.91 Å². The van der Waals surface area contributed by atoms with E-state index in [0.29, 0.717) is 19.8 Å². The zero-order valence-corrected chi connectivity index (χ0v) is 13.3. The molecule has 0 aromatic heterocycles. The molecule has 0 radical (unpaired) electrons. The maximum atomic E-state index is 11.8. The molecular weight excluding hydrogens is 292 g/mol. The Hall–Kier alpha value is -1.30. The molecular formula is C15H23ClN2O3. The van der Waals surface area contributed by atoms with Crippen LogP contribution in [0.4, 0.5) is 0 Å². The van der Waals surface area contributed by atoms with Crippen molar-refractivity contribution in [1.82, 2.24) is 10.6 Å². The number of rotatable bonds is 7. The van der Waals surface area contributed by atoms with Gasteiger partial charge in [0.25, 0.3) is 0 Å². The van der Waals surface area contributed by atoms with Gasteiger partial charge in [-0.1, -0.05) is 12.1 Å². The molecule has 0 bridgehead atoms. The number of nitrogens with one attached hydrogen (secondary N) is 2. The van der Waals surface area contributed by atoms with Crippen LogP contribution >= 0.6 is 12.4 Å². The second-order valence-corrected chi connectivity index (χ2v) is 5.03. The first-order valence-electron chi connectivity index (χ1n) is 6.90. The molecule has 1 amide bonds. The number of carbonyl (C=O) groups excluding carboxylic acids is 1. The van der Waals surface area contributed by atoms with Crippen LogP contribution < -0.4 is 15.4 Å².